The molecule has 0 spiro atoms. The maximum absolute atomic E-state index is 3.50. The summed E-state index contributed by atoms with van der Waals surface area (Å²) in [7, 11) is 2.17. The molecule has 0 fully saturated rings. The number of hydrogen-bond acceptors (Lipinski definition) is 2. The fourth-order valence-electron chi connectivity index (χ4n) is 5.72. The van der Waals surface area contributed by atoms with E-state index in [0.717, 1.165) is 12.1 Å². The summed E-state index contributed by atoms with van der Waals surface area (Å²) < 4.78 is 4.99. The second-order valence-electron chi connectivity index (χ2n) is 10.3. The van der Waals surface area contributed by atoms with Crippen LogP contribution in [0.25, 0.3) is 63.9 Å². The standard InChI is InChI=1S/C35H28N2S.C4H6.C2H4/c1-3-4-5-8-19-36-31-16-10-15-28-29-21-30-27-18-17-24(26-14-9-12-23-11-6-7-13-25(23)26)20-33(27)38-34(30)22-32(29)37(2)35(28)31;1-3-4-2;1-2/h4-22,36H,3H2,1-2H3;3-4H,1-2H2;1-2H2/b5-4-,19-8-;;. The van der Waals surface area contributed by atoms with Crippen molar-refractivity contribution < 1.29 is 0 Å². The summed E-state index contributed by atoms with van der Waals surface area (Å²) in [5, 5.41) is 11.3. The molecule has 0 unspecified atom stereocenters. The molecule has 0 aliphatic carbocycles. The van der Waals surface area contributed by atoms with Crippen LogP contribution < -0.4 is 5.32 Å². The number of fused-ring (bicyclic) bond motifs is 7. The van der Waals surface area contributed by atoms with Crippen molar-refractivity contribution in [2.75, 3.05) is 5.32 Å². The highest BCUT2D eigenvalue weighted by Gasteiger charge is 2.15. The molecule has 0 radical (unpaired) electrons. The Labute approximate surface area is 264 Å². The van der Waals surface area contributed by atoms with Crippen LogP contribution in [0.5, 0.6) is 0 Å². The van der Waals surface area contributed by atoms with E-state index in [-0.39, 0.29) is 0 Å². The largest absolute Gasteiger partial charge is 0.360 e. The number of allylic oxidation sites excluding steroid dienone is 5. The highest BCUT2D eigenvalue weighted by molar-refractivity contribution is 7.25. The highest BCUT2D eigenvalue weighted by atomic mass is 32.1. The van der Waals surface area contributed by atoms with Gasteiger partial charge in [-0.15, -0.1) is 24.5 Å². The summed E-state index contributed by atoms with van der Waals surface area (Å²) in [4.78, 5) is 0. The van der Waals surface area contributed by atoms with Gasteiger partial charge in [-0.2, -0.15) is 0 Å². The Morgan fingerprint density at radius 2 is 1.45 bits per heavy atom. The van der Waals surface area contributed by atoms with Gasteiger partial charge in [0.15, 0.2) is 0 Å². The Kier molecular flexibility index (Phi) is 9.59. The minimum Gasteiger partial charge on any atom is -0.360 e. The number of hydrogen-bond donors (Lipinski definition) is 1. The normalized spacial score (nSPS) is 11.2. The fourth-order valence-corrected chi connectivity index (χ4v) is 6.88. The minimum atomic E-state index is 1.04. The van der Waals surface area contributed by atoms with E-state index in [2.05, 4.69) is 159 Å². The van der Waals surface area contributed by atoms with Gasteiger partial charge in [-0.1, -0.05) is 111 Å². The van der Waals surface area contributed by atoms with Crippen LogP contribution in [-0.4, -0.2) is 4.57 Å². The first-order valence-electron chi connectivity index (χ1n) is 14.8. The number of aromatic nitrogens is 1. The summed E-state index contributed by atoms with van der Waals surface area (Å²) in [6.07, 6.45) is 12.6. The Morgan fingerprint density at radius 1 is 0.727 bits per heavy atom. The lowest BCUT2D eigenvalue weighted by Crippen LogP contribution is -1.93. The van der Waals surface area contributed by atoms with Crippen molar-refractivity contribution >= 4 is 69.8 Å². The van der Waals surface area contributed by atoms with Gasteiger partial charge in [0.25, 0.3) is 0 Å². The van der Waals surface area contributed by atoms with Crippen LogP contribution >= 0.6 is 11.3 Å². The third kappa shape index (κ3) is 5.75. The molecule has 0 atom stereocenters. The van der Waals surface area contributed by atoms with Crippen molar-refractivity contribution in [2.24, 2.45) is 7.05 Å². The lowest BCUT2D eigenvalue weighted by Gasteiger charge is -2.07. The van der Waals surface area contributed by atoms with Crippen LogP contribution in [0, 0.1) is 0 Å². The lowest BCUT2D eigenvalue weighted by molar-refractivity contribution is 1.02. The summed E-state index contributed by atoms with van der Waals surface area (Å²) in [5.41, 5.74) is 6.17. The second kappa shape index (κ2) is 13.9. The predicted octanol–water partition coefficient (Wildman–Crippen LogP) is 12.6. The zero-order chi connectivity index (χ0) is 31.1. The number of nitrogens with one attached hydrogen (secondary N) is 1. The molecule has 0 aliphatic rings. The quantitative estimate of drug-likeness (QED) is 0.151. The Hall–Kier alpha value is -5.12. The molecular weight excluding hydrogens is 553 g/mol. The molecule has 7 rings (SSSR count). The molecule has 0 amide bonds. The van der Waals surface area contributed by atoms with Gasteiger partial charge in [0.2, 0.25) is 0 Å². The SMILES string of the molecule is C=C.C=CC=C.CC/C=C\C=C/Nc1cccc2c3cc4c(cc3n(C)c12)sc1cc(-c2cccc3ccccc23)ccc14. The first kappa shape index (κ1) is 30.3. The van der Waals surface area contributed by atoms with Crippen LogP contribution in [0.1, 0.15) is 13.3 Å². The molecule has 5 aromatic carbocycles. The zero-order valence-electron chi connectivity index (χ0n) is 25.5. The number of thiophene rings is 1. The predicted molar refractivity (Wildman–Crippen MR) is 200 cm³/mol. The van der Waals surface area contributed by atoms with E-state index < -0.39 is 0 Å². The maximum atomic E-state index is 3.50. The van der Waals surface area contributed by atoms with Crippen molar-refractivity contribution in [3.63, 3.8) is 0 Å². The monoisotopic (exact) mass is 590 g/mol. The summed E-state index contributed by atoms with van der Waals surface area (Å²) >= 11 is 1.89. The van der Waals surface area contributed by atoms with E-state index in [1.807, 2.05) is 17.5 Å². The fraction of sp³-hybridized carbons (Fsp3) is 0.0732. The molecule has 1 N–H and O–H groups in total. The number of para-hydroxylation sites is 1. The molecule has 2 nitrogen and oxygen atoms in total. The van der Waals surface area contributed by atoms with E-state index in [1.54, 1.807) is 12.2 Å². The third-order valence-corrected chi connectivity index (χ3v) is 8.81. The van der Waals surface area contributed by atoms with Gasteiger partial charge in [-0.25, -0.2) is 0 Å². The molecular formula is C41H38N2S. The van der Waals surface area contributed by atoms with Gasteiger partial charge >= 0.3 is 0 Å². The van der Waals surface area contributed by atoms with Crippen molar-refractivity contribution in [2.45, 2.75) is 13.3 Å². The van der Waals surface area contributed by atoms with Crippen molar-refractivity contribution in [3.8, 4) is 11.1 Å². The van der Waals surface area contributed by atoms with Gasteiger partial charge in [-0.05, 0) is 58.7 Å². The molecule has 7 aromatic rings. The van der Waals surface area contributed by atoms with E-state index in [4.69, 9.17) is 0 Å². The summed E-state index contributed by atoms with van der Waals surface area (Å²) in [5.74, 6) is 0. The smallest absolute Gasteiger partial charge is 0.0727 e. The number of rotatable bonds is 6. The van der Waals surface area contributed by atoms with Crippen molar-refractivity contribution in [1.82, 2.24) is 4.57 Å². The summed E-state index contributed by atoms with van der Waals surface area (Å²) in [6.45, 7) is 14.9. The molecule has 3 heteroatoms. The first-order valence-corrected chi connectivity index (χ1v) is 15.6. The highest BCUT2D eigenvalue weighted by Crippen LogP contribution is 2.42. The molecule has 0 aliphatic heterocycles. The lowest BCUT2D eigenvalue weighted by atomic mass is 9.97. The van der Waals surface area contributed by atoms with Gasteiger partial charge < -0.3 is 9.88 Å². The number of benzene rings is 5. The van der Waals surface area contributed by atoms with E-state index >= 15 is 0 Å². The van der Waals surface area contributed by atoms with Crippen LogP contribution in [-0.2, 0) is 7.05 Å². The van der Waals surface area contributed by atoms with Gasteiger partial charge in [0.1, 0.15) is 0 Å². The van der Waals surface area contributed by atoms with Crippen LogP contribution in [0.2, 0.25) is 0 Å². The first-order chi connectivity index (χ1) is 21.6. The molecule has 0 saturated heterocycles. The van der Waals surface area contributed by atoms with Crippen molar-refractivity contribution in [3.05, 3.63) is 154 Å². The molecule has 2 aromatic heterocycles. The van der Waals surface area contributed by atoms with Crippen LogP contribution in [0.15, 0.2) is 154 Å². The van der Waals surface area contributed by atoms with Crippen LogP contribution in [0.3, 0.4) is 0 Å². The molecule has 218 valence electrons. The zero-order valence-corrected chi connectivity index (χ0v) is 26.3. The van der Waals surface area contributed by atoms with Crippen molar-refractivity contribution in [1.29, 1.82) is 0 Å². The van der Waals surface area contributed by atoms with Crippen LogP contribution in [0.4, 0.5) is 5.69 Å². The summed E-state index contributed by atoms with van der Waals surface area (Å²) in [6, 6.07) is 33.5. The Balaban J connectivity index is 0.000000595. The third-order valence-electron chi connectivity index (χ3n) is 7.70. The van der Waals surface area contributed by atoms with E-state index in [9.17, 15) is 0 Å². The molecule has 44 heavy (non-hydrogen) atoms. The minimum absolute atomic E-state index is 1.04. The van der Waals surface area contributed by atoms with E-state index in [1.165, 1.54) is 63.9 Å². The average molecular weight is 591 g/mol. The number of nitrogens with zero attached hydrogens (tertiary/aromatic N) is 1. The topological polar surface area (TPSA) is 17.0 Å². The van der Waals surface area contributed by atoms with Gasteiger partial charge in [0, 0.05) is 44.2 Å². The second-order valence-corrected chi connectivity index (χ2v) is 11.4. The molecule has 0 saturated carbocycles. The number of aryl methyl sites for hydroxylation is 1. The van der Waals surface area contributed by atoms with E-state index in [0.29, 0.717) is 0 Å². The molecule has 0 bridgehead atoms. The number of anilines is 1. The Morgan fingerprint density at radius 3 is 2.25 bits per heavy atom. The van der Waals surface area contributed by atoms with Gasteiger partial charge in [-0.3, -0.25) is 0 Å². The molecule has 2 heterocycles. The maximum Gasteiger partial charge on any atom is 0.0727 e. The van der Waals surface area contributed by atoms with Gasteiger partial charge in [0.05, 0.1) is 16.7 Å². The average Bonchev–Trinajstić information content (AvgIpc) is 3.58. The Bertz CT molecular complexity index is 2160.